The molecule has 0 N–H and O–H groups in total. The van der Waals surface area contributed by atoms with Crippen molar-refractivity contribution in [3.8, 4) is 0 Å². The van der Waals surface area contributed by atoms with Gasteiger partial charge in [0.05, 0.1) is 0 Å². The summed E-state index contributed by atoms with van der Waals surface area (Å²) in [5.74, 6) is -0.131. The summed E-state index contributed by atoms with van der Waals surface area (Å²) < 4.78 is 0.887. The number of halogens is 1. The highest BCUT2D eigenvalue weighted by atomic mass is 79.9. The van der Waals surface area contributed by atoms with E-state index in [1.54, 1.807) is 0 Å². The van der Waals surface area contributed by atoms with Crippen LogP contribution in [0.3, 0.4) is 0 Å². The van der Waals surface area contributed by atoms with Crippen molar-refractivity contribution in [2.45, 2.75) is 6.92 Å². The van der Waals surface area contributed by atoms with Gasteiger partial charge >= 0.3 is 0 Å². The van der Waals surface area contributed by atoms with Gasteiger partial charge < -0.3 is 14.7 Å². The van der Waals surface area contributed by atoms with Gasteiger partial charge in [-0.3, -0.25) is 9.59 Å². The Hall–Kier alpha value is -1.40. The lowest BCUT2D eigenvalue weighted by molar-refractivity contribution is -0.132. The molecule has 0 radical (unpaired) electrons. The Bertz CT molecular complexity index is 527. The molecule has 2 amide bonds. The first kappa shape index (κ1) is 16.0. The van der Waals surface area contributed by atoms with Crippen LogP contribution in [0.2, 0.25) is 0 Å². The zero-order valence-corrected chi connectivity index (χ0v) is 14.0. The van der Waals surface area contributed by atoms with Crippen LogP contribution < -0.4 is 4.90 Å². The lowest BCUT2D eigenvalue weighted by Crippen LogP contribution is -2.50. The number of piperazine rings is 1. The summed E-state index contributed by atoms with van der Waals surface area (Å²) in [6.07, 6.45) is 0. The van der Waals surface area contributed by atoms with Crippen LogP contribution >= 0.6 is 15.9 Å². The van der Waals surface area contributed by atoms with E-state index < -0.39 is 0 Å². The first-order valence-electron chi connectivity index (χ1n) is 6.97. The lowest BCUT2D eigenvalue weighted by Gasteiger charge is -2.33. The third-order valence-corrected chi connectivity index (χ3v) is 4.14. The predicted molar refractivity (Wildman–Crippen MR) is 86.2 cm³/mol. The van der Waals surface area contributed by atoms with Crippen molar-refractivity contribution >= 4 is 33.4 Å². The predicted octanol–water partition coefficient (Wildman–Crippen LogP) is 1.58. The van der Waals surface area contributed by atoms with Gasteiger partial charge in [-0.2, -0.15) is 0 Å². The maximum atomic E-state index is 12.4. The Morgan fingerprint density at radius 2 is 1.90 bits per heavy atom. The van der Waals surface area contributed by atoms with Gasteiger partial charge in [0.25, 0.3) is 0 Å². The lowest BCUT2D eigenvalue weighted by atomic mass is 10.2. The molecule has 1 fully saturated rings. The van der Waals surface area contributed by atoms with E-state index in [0.29, 0.717) is 0 Å². The van der Waals surface area contributed by atoms with E-state index in [2.05, 4.69) is 20.8 Å². The van der Waals surface area contributed by atoms with Crippen LogP contribution in [0, 0.1) is 0 Å². The highest BCUT2D eigenvalue weighted by Crippen LogP contribution is 2.20. The second-order valence-electron chi connectivity index (χ2n) is 5.27. The summed E-state index contributed by atoms with van der Waals surface area (Å²) in [6, 6.07) is 7.43. The van der Waals surface area contributed by atoms with Gasteiger partial charge in [-0.05, 0) is 25.2 Å². The van der Waals surface area contributed by atoms with Crippen molar-refractivity contribution in [2.24, 2.45) is 0 Å². The maximum Gasteiger partial charge on any atom is 0.242 e. The number of anilines is 1. The molecule has 1 aliphatic heterocycles. The van der Waals surface area contributed by atoms with Crippen LogP contribution in [0.5, 0.6) is 0 Å². The molecular formula is C15H20BrN3O2. The van der Waals surface area contributed by atoms with E-state index >= 15 is 0 Å². The minimum atomic E-state index is -0.129. The number of nitrogens with zero attached hydrogens (tertiary/aromatic N) is 3. The molecular weight excluding hydrogens is 334 g/mol. The van der Waals surface area contributed by atoms with Crippen molar-refractivity contribution in [2.75, 3.05) is 44.7 Å². The van der Waals surface area contributed by atoms with Crippen LogP contribution in [0.1, 0.15) is 6.92 Å². The number of carbonyl (C=O) groups excluding carboxylic acids is 2. The summed E-state index contributed by atoms with van der Waals surface area (Å²) >= 11 is 3.39. The molecule has 0 saturated carbocycles. The Kier molecular flexibility index (Phi) is 5.36. The fourth-order valence-electron chi connectivity index (χ4n) is 2.32. The van der Waals surface area contributed by atoms with Gasteiger partial charge in [0.15, 0.2) is 0 Å². The second kappa shape index (κ2) is 7.04. The quantitative estimate of drug-likeness (QED) is 0.828. The van der Waals surface area contributed by atoms with Gasteiger partial charge in [0.1, 0.15) is 6.54 Å². The number of carbonyl (C=O) groups is 2. The van der Waals surface area contributed by atoms with E-state index in [1.807, 2.05) is 36.2 Å². The third kappa shape index (κ3) is 4.28. The monoisotopic (exact) mass is 353 g/mol. The largest absolute Gasteiger partial charge is 0.339 e. The summed E-state index contributed by atoms with van der Waals surface area (Å²) in [4.78, 5) is 29.8. The molecule has 1 saturated heterocycles. The van der Waals surface area contributed by atoms with Gasteiger partial charge in [-0.15, -0.1) is 0 Å². The summed E-state index contributed by atoms with van der Waals surface area (Å²) in [7, 11) is 2.05. The molecule has 0 aromatic heterocycles. The highest BCUT2D eigenvalue weighted by molar-refractivity contribution is 9.10. The van der Waals surface area contributed by atoms with Gasteiger partial charge in [-0.1, -0.05) is 22.0 Å². The van der Waals surface area contributed by atoms with E-state index in [0.717, 1.165) is 36.3 Å². The zero-order valence-electron chi connectivity index (χ0n) is 12.4. The molecule has 0 aliphatic carbocycles. The number of amides is 2. The van der Waals surface area contributed by atoms with Crippen molar-refractivity contribution in [1.82, 2.24) is 9.80 Å². The fourth-order valence-corrected chi connectivity index (χ4v) is 2.71. The van der Waals surface area contributed by atoms with Crippen LogP contribution in [-0.4, -0.2) is 61.4 Å². The Labute approximate surface area is 133 Å². The summed E-state index contributed by atoms with van der Waals surface area (Å²) in [5.41, 5.74) is 0.736. The van der Waals surface area contributed by atoms with Crippen molar-refractivity contribution in [3.05, 3.63) is 28.7 Å². The molecule has 1 heterocycles. The van der Waals surface area contributed by atoms with Crippen molar-refractivity contribution in [3.63, 3.8) is 0 Å². The fraction of sp³-hybridized carbons (Fsp3) is 0.467. The molecule has 6 heteroatoms. The van der Waals surface area contributed by atoms with E-state index in [-0.39, 0.29) is 18.4 Å². The Balaban J connectivity index is 2.06. The average Bonchev–Trinajstić information content (AvgIpc) is 2.45. The van der Waals surface area contributed by atoms with Crippen molar-refractivity contribution in [1.29, 1.82) is 0 Å². The number of likely N-dealkylation sites (N-methyl/N-ethyl adjacent to an activating group) is 1. The van der Waals surface area contributed by atoms with Crippen LogP contribution in [0.4, 0.5) is 5.69 Å². The molecule has 114 valence electrons. The van der Waals surface area contributed by atoms with Crippen LogP contribution in [0.25, 0.3) is 0 Å². The first-order valence-corrected chi connectivity index (χ1v) is 7.76. The average molecular weight is 354 g/mol. The minimum absolute atomic E-state index is 0.00160. The zero-order chi connectivity index (χ0) is 15.4. The number of rotatable bonds is 3. The summed E-state index contributed by atoms with van der Waals surface area (Å²) in [6.45, 7) is 4.78. The molecule has 5 nitrogen and oxygen atoms in total. The molecule has 1 aliphatic rings. The normalized spacial score (nSPS) is 15.9. The van der Waals surface area contributed by atoms with Gasteiger partial charge in [0, 0.05) is 43.3 Å². The van der Waals surface area contributed by atoms with E-state index in [1.165, 1.54) is 11.8 Å². The molecule has 1 aromatic carbocycles. The number of hydrogen-bond acceptors (Lipinski definition) is 3. The second-order valence-corrected chi connectivity index (χ2v) is 6.18. The molecule has 21 heavy (non-hydrogen) atoms. The Morgan fingerprint density at radius 3 is 2.48 bits per heavy atom. The summed E-state index contributed by atoms with van der Waals surface area (Å²) in [5, 5.41) is 0. The third-order valence-electron chi connectivity index (χ3n) is 3.65. The molecule has 0 unspecified atom stereocenters. The topological polar surface area (TPSA) is 43.9 Å². The van der Waals surface area contributed by atoms with Crippen LogP contribution in [-0.2, 0) is 9.59 Å². The highest BCUT2D eigenvalue weighted by Gasteiger charge is 2.23. The molecule has 1 aromatic rings. The standard InChI is InChI=1S/C15H20BrN3O2/c1-12(20)19(14-5-3-4-13(16)10-14)11-15(21)18-8-6-17(2)7-9-18/h3-5,10H,6-9,11H2,1-2H3. The van der Waals surface area contributed by atoms with E-state index in [4.69, 9.17) is 0 Å². The first-order chi connectivity index (χ1) is 9.97. The smallest absolute Gasteiger partial charge is 0.242 e. The molecule has 2 rings (SSSR count). The van der Waals surface area contributed by atoms with Gasteiger partial charge in [0.2, 0.25) is 11.8 Å². The molecule has 0 atom stereocenters. The molecule has 0 spiro atoms. The minimum Gasteiger partial charge on any atom is -0.339 e. The van der Waals surface area contributed by atoms with Crippen molar-refractivity contribution < 1.29 is 9.59 Å². The van der Waals surface area contributed by atoms with Gasteiger partial charge in [-0.25, -0.2) is 0 Å². The molecule has 0 bridgehead atoms. The maximum absolute atomic E-state index is 12.4. The van der Waals surface area contributed by atoms with Crippen LogP contribution in [0.15, 0.2) is 28.7 Å². The van der Waals surface area contributed by atoms with E-state index in [9.17, 15) is 9.59 Å². The SMILES string of the molecule is CC(=O)N(CC(=O)N1CCN(C)CC1)c1cccc(Br)c1. The number of hydrogen-bond donors (Lipinski definition) is 0. The number of benzene rings is 1. The Morgan fingerprint density at radius 1 is 1.24 bits per heavy atom.